The minimum Gasteiger partial charge on any atom is -0.500 e. The van der Waals surface area contributed by atoms with Crippen LogP contribution in [0.1, 0.15) is 22.8 Å². The molecule has 1 aliphatic rings. The number of hydrogen-bond acceptors (Lipinski definition) is 8. The van der Waals surface area contributed by atoms with Crippen LogP contribution in [0.25, 0.3) is 6.08 Å². The number of rotatable bonds is 6. The summed E-state index contributed by atoms with van der Waals surface area (Å²) in [5, 5.41) is 22.1. The molecule has 3 rings (SSSR count). The number of hydrazine groups is 1. The van der Waals surface area contributed by atoms with Crippen LogP contribution in [0.4, 0.5) is 5.69 Å². The number of nitro groups is 1. The van der Waals surface area contributed by atoms with Crippen molar-refractivity contribution in [1.29, 1.82) is 0 Å². The second kappa shape index (κ2) is 8.93. The number of aromatic hydroxyl groups is 1. The number of carbonyl (C=O) groups excluding carboxylic acids is 2. The van der Waals surface area contributed by atoms with Crippen LogP contribution in [0, 0.1) is 10.1 Å². The van der Waals surface area contributed by atoms with Crippen LogP contribution in [0.5, 0.6) is 11.5 Å². The molecule has 0 saturated carbocycles. The number of amides is 2. The Bertz CT molecular complexity index is 1070. The van der Waals surface area contributed by atoms with E-state index in [2.05, 4.69) is 5.43 Å². The van der Waals surface area contributed by atoms with Crippen LogP contribution in [0.15, 0.2) is 47.4 Å². The second-order valence-electron chi connectivity index (χ2n) is 5.90. The topological polar surface area (TPSA) is 122 Å². The number of nitrogens with zero attached hydrogens (tertiary/aromatic N) is 2. The minimum absolute atomic E-state index is 0.0780. The Morgan fingerprint density at radius 2 is 2.07 bits per heavy atom. The van der Waals surface area contributed by atoms with Crippen LogP contribution in [-0.2, 0) is 4.79 Å². The van der Waals surface area contributed by atoms with Gasteiger partial charge in [-0.05, 0) is 49.0 Å². The lowest BCUT2D eigenvalue weighted by Gasteiger charge is -2.15. The van der Waals surface area contributed by atoms with E-state index in [4.69, 9.17) is 17.0 Å². The molecule has 1 heterocycles. The van der Waals surface area contributed by atoms with Gasteiger partial charge in [-0.25, -0.2) is 0 Å². The molecule has 2 aromatic carbocycles. The third-order valence-corrected chi connectivity index (χ3v) is 5.22. The summed E-state index contributed by atoms with van der Waals surface area (Å²) in [5.41, 5.74) is 2.51. The van der Waals surface area contributed by atoms with Gasteiger partial charge in [0, 0.05) is 11.6 Å². The number of thiocarbonyl (C=S) groups is 1. The van der Waals surface area contributed by atoms with Gasteiger partial charge in [0.15, 0.2) is 10.1 Å². The molecular formula is C19H15N3O6S2. The Morgan fingerprint density at radius 1 is 1.37 bits per heavy atom. The van der Waals surface area contributed by atoms with Crippen molar-refractivity contribution in [3.05, 3.63) is 68.6 Å². The zero-order valence-electron chi connectivity index (χ0n) is 15.5. The standard InChI is InChI=1S/C19H15N3O6S2/c1-2-28-14-9-11(8-13(16(14)23)22(26)27)10-15-18(25)21(19(29)30-15)20-17(24)12-6-4-3-5-7-12/h3-10,23H,2H2,1H3,(H,20,24). The SMILES string of the molecule is CCOc1cc(C=C2SC(=S)N(NC(=O)c3ccccc3)C2=O)cc([N+](=O)[O-])c1O. The molecular weight excluding hydrogens is 430 g/mol. The molecule has 1 fully saturated rings. The number of nitro benzene ring substituents is 1. The van der Waals surface area contributed by atoms with E-state index >= 15 is 0 Å². The maximum absolute atomic E-state index is 12.7. The third-order valence-electron chi connectivity index (χ3n) is 3.91. The van der Waals surface area contributed by atoms with E-state index in [0.717, 1.165) is 22.8 Å². The summed E-state index contributed by atoms with van der Waals surface area (Å²) >= 11 is 6.11. The van der Waals surface area contributed by atoms with E-state index in [9.17, 15) is 24.8 Å². The Labute approximate surface area is 180 Å². The van der Waals surface area contributed by atoms with Crippen LogP contribution in [0.3, 0.4) is 0 Å². The summed E-state index contributed by atoms with van der Waals surface area (Å²) < 4.78 is 5.34. The molecule has 0 atom stereocenters. The van der Waals surface area contributed by atoms with E-state index in [1.165, 1.54) is 12.1 Å². The second-order valence-corrected chi connectivity index (χ2v) is 7.58. The molecule has 0 bridgehead atoms. The van der Waals surface area contributed by atoms with Gasteiger partial charge in [0.05, 0.1) is 16.4 Å². The average molecular weight is 445 g/mol. The number of thioether (sulfide) groups is 1. The normalized spacial score (nSPS) is 14.8. The van der Waals surface area contributed by atoms with Gasteiger partial charge in [-0.2, -0.15) is 5.01 Å². The van der Waals surface area contributed by atoms with Crippen molar-refractivity contribution >= 4 is 51.9 Å². The molecule has 0 aromatic heterocycles. The fourth-order valence-corrected chi connectivity index (χ4v) is 3.75. The maximum atomic E-state index is 12.7. The number of carbonyl (C=O) groups is 2. The van der Waals surface area contributed by atoms with Crippen LogP contribution < -0.4 is 10.2 Å². The third kappa shape index (κ3) is 4.42. The summed E-state index contributed by atoms with van der Waals surface area (Å²) in [4.78, 5) is 35.6. The fraction of sp³-hybridized carbons (Fsp3) is 0.105. The molecule has 0 unspecified atom stereocenters. The summed E-state index contributed by atoms with van der Waals surface area (Å²) in [7, 11) is 0. The molecule has 154 valence electrons. The maximum Gasteiger partial charge on any atom is 0.315 e. The summed E-state index contributed by atoms with van der Waals surface area (Å²) in [6.45, 7) is 1.85. The van der Waals surface area contributed by atoms with E-state index in [1.54, 1.807) is 37.3 Å². The molecule has 11 heteroatoms. The van der Waals surface area contributed by atoms with E-state index < -0.39 is 28.2 Å². The van der Waals surface area contributed by atoms with Gasteiger partial charge in [0.2, 0.25) is 5.75 Å². The predicted octanol–water partition coefficient (Wildman–Crippen LogP) is 3.25. The molecule has 0 radical (unpaired) electrons. The van der Waals surface area contributed by atoms with Crippen LogP contribution >= 0.6 is 24.0 Å². The van der Waals surface area contributed by atoms with Crippen LogP contribution in [-0.4, -0.2) is 37.8 Å². The molecule has 9 nitrogen and oxygen atoms in total. The summed E-state index contributed by atoms with van der Waals surface area (Å²) in [6.07, 6.45) is 1.38. The zero-order chi connectivity index (χ0) is 21.8. The number of phenolic OH excluding ortho intramolecular Hbond substituents is 1. The zero-order valence-corrected chi connectivity index (χ0v) is 17.2. The van der Waals surface area contributed by atoms with Crippen LogP contribution in [0.2, 0.25) is 0 Å². The van der Waals surface area contributed by atoms with Crippen molar-refractivity contribution in [1.82, 2.24) is 10.4 Å². The van der Waals surface area contributed by atoms with Crippen molar-refractivity contribution in [2.24, 2.45) is 0 Å². The predicted molar refractivity (Wildman–Crippen MR) is 115 cm³/mol. The van der Waals surface area contributed by atoms with Gasteiger partial charge in [-0.3, -0.25) is 25.1 Å². The van der Waals surface area contributed by atoms with Gasteiger partial charge >= 0.3 is 5.69 Å². The Morgan fingerprint density at radius 3 is 2.70 bits per heavy atom. The molecule has 30 heavy (non-hydrogen) atoms. The average Bonchev–Trinajstić information content (AvgIpc) is 2.98. The molecule has 2 N–H and O–H groups in total. The first-order chi connectivity index (χ1) is 14.3. The number of nitrogens with one attached hydrogen (secondary N) is 1. The van der Waals surface area contributed by atoms with Crippen molar-refractivity contribution in [2.45, 2.75) is 6.92 Å². The lowest BCUT2D eigenvalue weighted by molar-refractivity contribution is -0.386. The van der Waals surface area contributed by atoms with Crippen molar-refractivity contribution in [2.75, 3.05) is 6.61 Å². The fourth-order valence-electron chi connectivity index (χ4n) is 2.57. The summed E-state index contributed by atoms with van der Waals surface area (Å²) in [5.74, 6) is -1.76. The Kier molecular flexibility index (Phi) is 6.33. The van der Waals surface area contributed by atoms with E-state index in [-0.39, 0.29) is 27.1 Å². The van der Waals surface area contributed by atoms with Crippen molar-refractivity contribution in [3.8, 4) is 11.5 Å². The van der Waals surface area contributed by atoms with Gasteiger partial charge in [0.25, 0.3) is 11.8 Å². The minimum atomic E-state index is -0.750. The first kappa shape index (κ1) is 21.3. The Hall–Kier alpha value is -3.44. The first-order valence-corrected chi connectivity index (χ1v) is 9.82. The number of ether oxygens (including phenoxy) is 1. The molecule has 1 saturated heterocycles. The largest absolute Gasteiger partial charge is 0.500 e. The van der Waals surface area contributed by atoms with E-state index in [1.807, 2.05) is 0 Å². The molecule has 0 spiro atoms. The van der Waals surface area contributed by atoms with Crippen molar-refractivity contribution in [3.63, 3.8) is 0 Å². The van der Waals surface area contributed by atoms with Crippen molar-refractivity contribution < 1.29 is 24.4 Å². The number of benzene rings is 2. The number of hydrogen-bond donors (Lipinski definition) is 2. The van der Waals surface area contributed by atoms with Gasteiger partial charge < -0.3 is 9.84 Å². The quantitative estimate of drug-likeness (QED) is 0.301. The highest BCUT2D eigenvalue weighted by Crippen LogP contribution is 2.39. The van der Waals surface area contributed by atoms with Gasteiger partial charge in [-0.15, -0.1) is 0 Å². The number of phenols is 1. The molecule has 1 aliphatic heterocycles. The lowest BCUT2D eigenvalue weighted by atomic mass is 10.1. The van der Waals surface area contributed by atoms with Gasteiger partial charge in [-0.1, -0.05) is 30.0 Å². The van der Waals surface area contributed by atoms with Gasteiger partial charge in [0.1, 0.15) is 0 Å². The monoisotopic (exact) mass is 445 g/mol. The Balaban J connectivity index is 1.88. The van der Waals surface area contributed by atoms with E-state index in [0.29, 0.717) is 5.56 Å². The molecule has 0 aliphatic carbocycles. The smallest absolute Gasteiger partial charge is 0.315 e. The highest BCUT2D eigenvalue weighted by atomic mass is 32.2. The highest BCUT2D eigenvalue weighted by molar-refractivity contribution is 8.26. The molecule has 2 amide bonds. The molecule has 2 aromatic rings. The summed E-state index contributed by atoms with van der Waals surface area (Å²) in [6, 6.07) is 10.8. The first-order valence-electron chi connectivity index (χ1n) is 8.60. The lowest BCUT2D eigenvalue weighted by Crippen LogP contribution is -2.44. The highest BCUT2D eigenvalue weighted by Gasteiger charge is 2.34.